The summed E-state index contributed by atoms with van der Waals surface area (Å²) in [6, 6.07) is 10.7. The van der Waals surface area contributed by atoms with Gasteiger partial charge in [-0.2, -0.15) is 0 Å². The van der Waals surface area contributed by atoms with Crippen LogP contribution >= 0.6 is 0 Å². The van der Waals surface area contributed by atoms with Gasteiger partial charge in [0, 0.05) is 29.2 Å². The van der Waals surface area contributed by atoms with E-state index in [2.05, 4.69) is 10.6 Å². The third-order valence-corrected chi connectivity index (χ3v) is 4.32. The van der Waals surface area contributed by atoms with Gasteiger partial charge in [0.15, 0.2) is 5.76 Å². The van der Waals surface area contributed by atoms with Crippen LogP contribution in [0.2, 0.25) is 0 Å². The predicted molar refractivity (Wildman–Crippen MR) is 98.2 cm³/mol. The zero-order valence-electron chi connectivity index (χ0n) is 14.7. The molecular weight excluding hydrogens is 316 g/mol. The Kier molecular flexibility index (Phi) is 4.31. The fraction of sp³-hybridized carbons (Fsp3) is 0.200. The maximum atomic E-state index is 12.6. The van der Waals surface area contributed by atoms with Crippen LogP contribution < -0.4 is 10.6 Å². The highest BCUT2D eigenvalue weighted by molar-refractivity contribution is 6.07. The van der Waals surface area contributed by atoms with E-state index in [0.717, 1.165) is 27.7 Å². The van der Waals surface area contributed by atoms with Crippen LogP contribution in [-0.2, 0) is 0 Å². The predicted octanol–water partition coefficient (Wildman–Crippen LogP) is 3.97. The molecule has 0 unspecified atom stereocenters. The van der Waals surface area contributed by atoms with Gasteiger partial charge in [-0.05, 0) is 56.2 Å². The minimum atomic E-state index is -0.305. The van der Waals surface area contributed by atoms with Gasteiger partial charge in [-0.1, -0.05) is 12.1 Å². The number of furan rings is 1. The van der Waals surface area contributed by atoms with Crippen molar-refractivity contribution in [1.29, 1.82) is 0 Å². The highest BCUT2D eigenvalue weighted by Crippen LogP contribution is 2.31. The summed E-state index contributed by atoms with van der Waals surface area (Å²) in [6.45, 7) is 5.86. The first-order valence-corrected chi connectivity index (χ1v) is 8.05. The first-order chi connectivity index (χ1) is 11.9. The van der Waals surface area contributed by atoms with Crippen LogP contribution in [0.3, 0.4) is 0 Å². The smallest absolute Gasteiger partial charge is 0.291 e. The Balaban J connectivity index is 1.90. The molecule has 1 aromatic heterocycles. The van der Waals surface area contributed by atoms with E-state index in [1.54, 1.807) is 31.3 Å². The first kappa shape index (κ1) is 16.8. The molecule has 25 heavy (non-hydrogen) atoms. The maximum absolute atomic E-state index is 12.6. The summed E-state index contributed by atoms with van der Waals surface area (Å²) in [5.41, 5.74) is 4.79. The van der Waals surface area contributed by atoms with Gasteiger partial charge in [0.1, 0.15) is 5.58 Å². The van der Waals surface area contributed by atoms with E-state index in [1.807, 2.05) is 32.9 Å². The van der Waals surface area contributed by atoms with Gasteiger partial charge in [-0.15, -0.1) is 0 Å². The zero-order chi connectivity index (χ0) is 18.1. The molecule has 2 aromatic carbocycles. The molecule has 0 saturated carbocycles. The molecule has 0 saturated heterocycles. The second-order valence-electron chi connectivity index (χ2n) is 6.07. The molecule has 1 heterocycles. The van der Waals surface area contributed by atoms with Gasteiger partial charge in [0.05, 0.1) is 0 Å². The van der Waals surface area contributed by atoms with E-state index < -0.39 is 0 Å². The van der Waals surface area contributed by atoms with Crippen LogP contribution in [0.25, 0.3) is 11.0 Å². The van der Waals surface area contributed by atoms with Crippen molar-refractivity contribution >= 4 is 28.5 Å². The largest absolute Gasteiger partial charge is 0.450 e. The number of rotatable bonds is 3. The van der Waals surface area contributed by atoms with Gasteiger partial charge in [-0.25, -0.2) is 0 Å². The first-order valence-electron chi connectivity index (χ1n) is 8.05. The number of fused-ring (bicyclic) bond motifs is 1. The van der Waals surface area contributed by atoms with Crippen molar-refractivity contribution in [3.8, 4) is 0 Å². The topological polar surface area (TPSA) is 71.3 Å². The zero-order valence-corrected chi connectivity index (χ0v) is 14.7. The summed E-state index contributed by atoms with van der Waals surface area (Å²) in [5.74, 6) is -0.167. The van der Waals surface area contributed by atoms with E-state index >= 15 is 0 Å². The molecule has 128 valence electrons. The van der Waals surface area contributed by atoms with E-state index in [1.165, 1.54) is 0 Å². The van der Waals surface area contributed by atoms with Crippen molar-refractivity contribution in [2.24, 2.45) is 0 Å². The molecule has 0 atom stereocenters. The summed E-state index contributed by atoms with van der Waals surface area (Å²) in [5, 5.41) is 6.36. The lowest BCUT2D eigenvalue weighted by molar-refractivity contribution is 0.0962. The van der Waals surface area contributed by atoms with Crippen LogP contribution in [0.15, 0.2) is 40.8 Å². The van der Waals surface area contributed by atoms with Crippen molar-refractivity contribution in [1.82, 2.24) is 5.32 Å². The average molecular weight is 336 g/mol. The molecule has 3 rings (SSSR count). The molecule has 5 heteroatoms. The summed E-state index contributed by atoms with van der Waals surface area (Å²) < 4.78 is 5.85. The monoisotopic (exact) mass is 336 g/mol. The number of benzene rings is 2. The molecule has 0 aliphatic carbocycles. The number of hydrogen-bond acceptors (Lipinski definition) is 3. The molecular formula is C20H20N2O3. The fourth-order valence-electron chi connectivity index (χ4n) is 2.93. The van der Waals surface area contributed by atoms with Crippen molar-refractivity contribution in [2.75, 3.05) is 12.4 Å². The highest BCUT2D eigenvalue weighted by Gasteiger charge is 2.20. The molecule has 0 radical (unpaired) electrons. The van der Waals surface area contributed by atoms with Gasteiger partial charge in [0.2, 0.25) is 0 Å². The van der Waals surface area contributed by atoms with Crippen molar-refractivity contribution in [3.05, 3.63) is 64.4 Å². The second kappa shape index (κ2) is 6.43. The summed E-state index contributed by atoms with van der Waals surface area (Å²) in [6.07, 6.45) is 0. The third-order valence-electron chi connectivity index (χ3n) is 4.32. The lowest BCUT2D eigenvalue weighted by Crippen LogP contribution is -2.18. The normalized spacial score (nSPS) is 10.7. The van der Waals surface area contributed by atoms with E-state index in [0.29, 0.717) is 17.0 Å². The number of anilines is 1. The van der Waals surface area contributed by atoms with E-state index in [9.17, 15) is 9.59 Å². The van der Waals surface area contributed by atoms with Crippen molar-refractivity contribution < 1.29 is 14.0 Å². The van der Waals surface area contributed by atoms with Crippen molar-refractivity contribution in [2.45, 2.75) is 20.8 Å². The minimum Gasteiger partial charge on any atom is -0.450 e. The molecule has 0 aliphatic rings. The Morgan fingerprint density at radius 2 is 1.52 bits per heavy atom. The number of carbonyl (C=O) groups is 2. The van der Waals surface area contributed by atoms with Gasteiger partial charge >= 0.3 is 0 Å². The van der Waals surface area contributed by atoms with Crippen LogP contribution in [0.1, 0.15) is 37.6 Å². The number of nitrogens with one attached hydrogen (secondary N) is 2. The second-order valence-corrected chi connectivity index (χ2v) is 6.07. The molecule has 0 fully saturated rings. The maximum Gasteiger partial charge on any atom is 0.291 e. The van der Waals surface area contributed by atoms with Gasteiger partial charge < -0.3 is 15.1 Å². The SMILES string of the molecule is CNC(=O)c1ccc(NC(=O)c2oc3c(C)ccc(C)c3c2C)cc1. The van der Waals surface area contributed by atoms with Gasteiger partial charge in [0.25, 0.3) is 11.8 Å². The molecule has 2 N–H and O–H groups in total. The number of aryl methyl sites for hydroxylation is 3. The molecule has 0 aliphatic heterocycles. The van der Waals surface area contributed by atoms with Crippen LogP contribution in [-0.4, -0.2) is 18.9 Å². The molecule has 3 aromatic rings. The Morgan fingerprint density at radius 1 is 0.880 bits per heavy atom. The highest BCUT2D eigenvalue weighted by atomic mass is 16.3. The van der Waals surface area contributed by atoms with Crippen molar-refractivity contribution in [3.63, 3.8) is 0 Å². The molecule has 5 nitrogen and oxygen atoms in total. The molecule has 0 bridgehead atoms. The molecule has 2 amide bonds. The fourth-order valence-corrected chi connectivity index (χ4v) is 2.93. The quantitative estimate of drug-likeness (QED) is 0.760. The average Bonchev–Trinajstić information content (AvgIpc) is 2.97. The molecule has 0 spiro atoms. The standard InChI is InChI=1S/C20H20N2O3/c1-11-5-6-12(2)17-16(11)13(3)18(25-17)20(24)22-15-9-7-14(8-10-15)19(23)21-4/h5-10H,1-4H3,(H,21,23)(H,22,24). The summed E-state index contributed by atoms with van der Waals surface area (Å²) in [7, 11) is 1.58. The summed E-state index contributed by atoms with van der Waals surface area (Å²) in [4.78, 5) is 24.2. The van der Waals surface area contributed by atoms with E-state index in [-0.39, 0.29) is 11.8 Å². The van der Waals surface area contributed by atoms with Gasteiger partial charge in [-0.3, -0.25) is 9.59 Å². The number of hydrogen-bond donors (Lipinski definition) is 2. The summed E-state index contributed by atoms with van der Waals surface area (Å²) >= 11 is 0. The Labute approximate surface area is 146 Å². The Hall–Kier alpha value is -3.08. The van der Waals surface area contributed by atoms with Crippen LogP contribution in [0.5, 0.6) is 0 Å². The number of carbonyl (C=O) groups excluding carboxylic acids is 2. The van der Waals surface area contributed by atoms with Crippen LogP contribution in [0.4, 0.5) is 5.69 Å². The Morgan fingerprint density at radius 3 is 2.12 bits per heavy atom. The lowest BCUT2D eigenvalue weighted by atomic mass is 10.0. The minimum absolute atomic E-state index is 0.169. The number of amides is 2. The van der Waals surface area contributed by atoms with Crippen LogP contribution in [0, 0.1) is 20.8 Å². The lowest BCUT2D eigenvalue weighted by Gasteiger charge is -2.05. The van der Waals surface area contributed by atoms with E-state index in [4.69, 9.17) is 4.42 Å². The Bertz CT molecular complexity index is 969. The third kappa shape index (κ3) is 3.01.